The third-order valence-electron chi connectivity index (χ3n) is 2.55. The zero-order chi connectivity index (χ0) is 12.0. The standard InChI is InChI=1S/C13H19FN2/c1-4-10(3)8-13(15-5-2)12-7-6-11(14)9-16-12/h6-7,9,13,15H,3-5,8H2,1-2H3. The summed E-state index contributed by atoms with van der Waals surface area (Å²) in [6.07, 6.45) is 3.07. The van der Waals surface area contributed by atoms with Crippen LogP contribution in [0.25, 0.3) is 0 Å². The number of halogens is 1. The third-order valence-corrected chi connectivity index (χ3v) is 2.55. The van der Waals surface area contributed by atoms with Crippen LogP contribution in [0.4, 0.5) is 4.39 Å². The summed E-state index contributed by atoms with van der Waals surface area (Å²) in [4.78, 5) is 4.11. The van der Waals surface area contributed by atoms with Gasteiger partial charge in [0.15, 0.2) is 0 Å². The van der Waals surface area contributed by atoms with Crippen molar-refractivity contribution in [2.45, 2.75) is 32.7 Å². The highest BCUT2D eigenvalue weighted by Gasteiger charge is 2.12. The summed E-state index contributed by atoms with van der Waals surface area (Å²) in [6.45, 7) is 8.99. The fourth-order valence-corrected chi connectivity index (χ4v) is 1.55. The van der Waals surface area contributed by atoms with E-state index in [1.807, 2.05) is 6.92 Å². The number of nitrogens with one attached hydrogen (secondary N) is 1. The lowest BCUT2D eigenvalue weighted by molar-refractivity contribution is 0.526. The van der Waals surface area contributed by atoms with Crippen LogP contribution >= 0.6 is 0 Å². The Hall–Kier alpha value is -1.22. The largest absolute Gasteiger partial charge is 0.309 e. The first-order valence-electron chi connectivity index (χ1n) is 5.68. The molecule has 3 heteroatoms. The van der Waals surface area contributed by atoms with Gasteiger partial charge in [-0.05, 0) is 31.5 Å². The summed E-state index contributed by atoms with van der Waals surface area (Å²) in [5.74, 6) is -0.298. The van der Waals surface area contributed by atoms with Crippen LogP contribution in [0, 0.1) is 5.82 Å². The van der Waals surface area contributed by atoms with Gasteiger partial charge in [0.05, 0.1) is 17.9 Å². The predicted molar refractivity (Wildman–Crippen MR) is 64.7 cm³/mol. The molecule has 16 heavy (non-hydrogen) atoms. The Kier molecular flexibility index (Phi) is 5.12. The van der Waals surface area contributed by atoms with Crippen molar-refractivity contribution < 1.29 is 4.39 Å². The van der Waals surface area contributed by atoms with Crippen LogP contribution in [0.15, 0.2) is 30.5 Å². The quantitative estimate of drug-likeness (QED) is 0.747. The van der Waals surface area contributed by atoms with E-state index in [-0.39, 0.29) is 11.9 Å². The lowest BCUT2D eigenvalue weighted by Gasteiger charge is -2.18. The number of aromatic nitrogens is 1. The summed E-state index contributed by atoms with van der Waals surface area (Å²) in [7, 11) is 0. The van der Waals surface area contributed by atoms with E-state index in [0.717, 1.165) is 25.1 Å². The van der Waals surface area contributed by atoms with E-state index in [9.17, 15) is 4.39 Å². The molecule has 1 rings (SSSR count). The van der Waals surface area contributed by atoms with E-state index in [0.29, 0.717) is 0 Å². The zero-order valence-corrected chi connectivity index (χ0v) is 9.96. The van der Waals surface area contributed by atoms with Crippen molar-refractivity contribution in [3.05, 3.63) is 42.0 Å². The maximum atomic E-state index is 12.8. The van der Waals surface area contributed by atoms with Gasteiger partial charge in [0.25, 0.3) is 0 Å². The first-order chi connectivity index (χ1) is 7.67. The van der Waals surface area contributed by atoms with Gasteiger partial charge < -0.3 is 5.32 Å². The molecular formula is C13H19FN2. The van der Waals surface area contributed by atoms with Crippen molar-refractivity contribution in [2.24, 2.45) is 0 Å². The molecule has 88 valence electrons. The molecule has 1 aromatic rings. The smallest absolute Gasteiger partial charge is 0.141 e. The minimum atomic E-state index is -0.298. The van der Waals surface area contributed by atoms with E-state index < -0.39 is 0 Å². The number of rotatable bonds is 6. The molecule has 1 heterocycles. The van der Waals surface area contributed by atoms with Gasteiger partial charge in [0.2, 0.25) is 0 Å². The first kappa shape index (κ1) is 12.8. The minimum Gasteiger partial charge on any atom is -0.309 e. The molecule has 2 nitrogen and oxygen atoms in total. The molecule has 0 aliphatic rings. The van der Waals surface area contributed by atoms with Gasteiger partial charge in [-0.3, -0.25) is 4.98 Å². The van der Waals surface area contributed by atoms with Gasteiger partial charge >= 0.3 is 0 Å². The van der Waals surface area contributed by atoms with Crippen LogP contribution in [0.5, 0.6) is 0 Å². The minimum absolute atomic E-state index is 0.137. The van der Waals surface area contributed by atoms with E-state index >= 15 is 0 Å². The highest BCUT2D eigenvalue weighted by atomic mass is 19.1. The Balaban J connectivity index is 2.76. The van der Waals surface area contributed by atoms with E-state index in [1.54, 1.807) is 6.07 Å². The lowest BCUT2D eigenvalue weighted by Crippen LogP contribution is -2.22. The summed E-state index contributed by atoms with van der Waals surface area (Å²) in [6, 6.07) is 3.31. The molecule has 0 saturated heterocycles. The first-order valence-corrected chi connectivity index (χ1v) is 5.68. The van der Waals surface area contributed by atoms with Gasteiger partial charge in [0, 0.05) is 0 Å². The lowest BCUT2D eigenvalue weighted by atomic mass is 10.0. The molecular weight excluding hydrogens is 203 g/mol. The Morgan fingerprint density at radius 1 is 1.50 bits per heavy atom. The van der Waals surface area contributed by atoms with Crippen LogP contribution in [0.3, 0.4) is 0 Å². The van der Waals surface area contributed by atoms with E-state index in [1.165, 1.54) is 17.8 Å². The fraction of sp³-hybridized carbons (Fsp3) is 0.462. The van der Waals surface area contributed by atoms with Gasteiger partial charge in [-0.25, -0.2) is 4.39 Å². The average Bonchev–Trinajstić information content (AvgIpc) is 2.29. The molecule has 1 N–H and O–H groups in total. The van der Waals surface area contributed by atoms with Crippen LogP contribution in [-0.2, 0) is 0 Å². The number of hydrogen-bond acceptors (Lipinski definition) is 2. The number of pyridine rings is 1. The molecule has 0 aromatic carbocycles. The monoisotopic (exact) mass is 222 g/mol. The second kappa shape index (κ2) is 6.38. The Labute approximate surface area is 96.6 Å². The maximum absolute atomic E-state index is 12.8. The van der Waals surface area contributed by atoms with Crippen LogP contribution < -0.4 is 5.32 Å². The summed E-state index contributed by atoms with van der Waals surface area (Å²) >= 11 is 0. The van der Waals surface area contributed by atoms with Gasteiger partial charge in [-0.15, -0.1) is 0 Å². The molecule has 0 spiro atoms. The summed E-state index contributed by atoms with van der Waals surface area (Å²) in [5.41, 5.74) is 2.05. The van der Waals surface area contributed by atoms with Gasteiger partial charge in [0.1, 0.15) is 5.82 Å². The molecule has 1 unspecified atom stereocenters. The van der Waals surface area contributed by atoms with Crippen molar-refractivity contribution in [1.29, 1.82) is 0 Å². The van der Waals surface area contributed by atoms with Crippen molar-refractivity contribution in [1.82, 2.24) is 10.3 Å². The van der Waals surface area contributed by atoms with Gasteiger partial charge in [-0.1, -0.05) is 26.0 Å². The highest BCUT2D eigenvalue weighted by Crippen LogP contribution is 2.20. The summed E-state index contributed by atoms with van der Waals surface area (Å²) in [5, 5.41) is 3.34. The Morgan fingerprint density at radius 2 is 2.25 bits per heavy atom. The van der Waals surface area contributed by atoms with Crippen LogP contribution in [0.2, 0.25) is 0 Å². The van der Waals surface area contributed by atoms with Crippen LogP contribution in [0.1, 0.15) is 38.4 Å². The second-order valence-electron chi connectivity index (χ2n) is 3.82. The van der Waals surface area contributed by atoms with Gasteiger partial charge in [-0.2, -0.15) is 0 Å². The van der Waals surface area contributed by atoms with Crippen molar-refractivity contribution >= 4 is 0 Å². The molecule has 1 atom stereocenters. The third kappa shape index (κ3) is 3.74. The number of hydrogen-bond donors (Lipinski definition) is 1. The fourth-order valence-electron chi connectivity index (χ4n) is 1.55. The van der Waals surface area contributed by atoms with E-state index in [4.69, 9.17) is 0 Å². The molecule has 1 aromatic heterocycles. The normalized spacial score (nSPS) is 12.4. The molecule has 0 aliphatic carbocycles. The van der Waals surface area contributed by atoms with Crippen LogP contribution in [-0.4, -0.2) is 11.5 Å². The molecule has 0 fully saturated rings. The van der Waals surface area contributed by atoms with Crippen molar-refractivity contribution in [3.8, 4) is 0 Å². The molecule has 0 bridgehead atoms. The molecule has 0 aliphatic heterocycles. The Bertz CT molecular complexity index is 332. The zero-order valence-electron chi connectivity index (χ0n) is 9.96. The summed E-state index contributed by atoms with van der Waals surface area (Å²) < 4.78 is 12.8. The van der Waals surface area contributed by atoms with Crippen molar-refractivity contribution in [3.63, 3.8) is 0 Å². The Morgan fingerprint density at radius 3 is 2.75 bits per heavy atom. The molecule has 0 saturated carbocycles. The average molecular weight is 222 g/mol. The molecule has 0 amide bonds. The van der Waals surface area contributed by atoms with Crippen molar-refractivity contribution in [2.75, 3.05) is 6.54 Å². The second-order valence-corrected chi connectivity index (χ2v) is 3.82. The molecule has 0 radical (unpaired) electrons. The number of nitrogens with zero attached hydrogens (tertiary/aromatic N) is 1. The highest BCUT2D eigenvalue weighted by molar-refractivity contribution is 5.13. The topological polar surface area (TPSA) is 24.9 Å². The predicted octanol–water partition coefficient (Wildman–Crippen LogP) is 3.23. The SMILES string of the molecule is C=C(CC)CC(NCC)c1ccc(F)cn1. The van der Waals surface area contributed by atoms with E-state index in [2.05, 4.69) is 23.8 Å². The maximum Gasteiger partial charge on any atom is 0.141 e.